The van der Waals surface area contributed by atoms with E-state index in [1.165, 1.54) is 28.7 Å². The molecule has 1 aromatic rings. The fourth-order valence-electron chi connectivity index (χ4n) is 2.85. The molecule has 96 valence electrons. The molecule has 1 fully saturated rings. The van der Waals surface area contributed by atoms with E-state index in [1.807, 2.05) is 0 Å². The lowest BCUT2D eigenvalue weighted by molar-refractivity contribution is 0.213. The van der Waals surface area contributed by atoms with Crippen LogP contribution in [0, 0.1) is 37.5 Å². The topological polar surface area (TPSA) is 33.0 Å². The Bertz CT molecular complexity index is 507. The number of nitrogens with zero attached hydrogens (tertiary/aromatic N) is 1. The molecule has 0 heterocycles. The standard InChI is InChI=1S/C16H21NO/c1-11-8-15(18-4)13(3)12(2)14(11)9-16(10-17)6-5-7-16/h8H,5-7,9H2,1-4H3. The number of methoxy groups -OCH3 is 1. The van der Waals surface area contributed by atoms with Crippen molar-refractivity contribution in [3.8, 4) is 11.8 Å². The zero-order chi connectivity index (χ0) is 13.3. The van der Waals surface area contributed by atoms with Crippen molar-refractivity contribution in [2.75, 3.05) is 7.11 Å². The molecule has 0 N–H and O–H groups in total. The number of hydrogen-bond acceptors (Lipinski definition) is 2. The van der Waals surface area contributed by atoms with Crippen molar-refractivity contribution in [2.45, 2.75) is 46.5 Å². The summed E-state index contributed by atoms with van der Waals surface area (Å²) in [4.78, 5) is 0. The highest BCUT2D eigenvalue weighted by molar-refractivity contribution is 5.48. The average molecular weight is 243 g/mol. The van der Waals surface area contributed by atoms with Crippen molar-refractivity contribution < 1.29 is 4.74 Å². The number of hydrogen-bond donors (Lipinski definition) is 0. The summed E-state index contributed by atoms with van der Waals surface area (Å²) in [6.45, 7) is 6.36. The molecule has 0 saturated heterocycles. The Morgan fingerprint density at radius 3 is 2.39 bits per heavy atom. The second-order valence-electron chi connectivity index (χ2n) is 5.55. The molecule has 2 heteroatoms. The minimum atomic E-state index is -0.101. The van der Waals surface area contributed by atoms with Gasteiger partial charge in [0, 0.05) is 0 Å². The molecule has 0 atom stereocenters. The highest BCUT2D eigenvalue weighted by atomic mass is 16.5. The van der Waals surface area contributed by atoms with Crippen molar-refractivity contribution in [3.63, 3.8) is 0 Å². The summed E-state index contributed by atoms with van der Waals surface area (Å²) in [6, 6.07) is 4.63. The van der Waals surface area contributed by atoms with E-state index < -0.39 is 0 Å². The van der Waals surface area contributed by atoms with Gasteiger partial charge in [-0.25, -0.2) is 0 Å². The minimum Gasteiger partial charge on any atom is -0.496 e. The molecule has 0 bridgehead atoms. The second-order valence-corrected chi connectivity index (χ2v) is 5.55. The molecule has 1 aliphatic rings. The van der Waals surface area contributed by atoms with Gasteiger partial charge in [0.2, 0.25) is 0 Å². The van der Waals surface area contributed by atoms with Crippen LogP contribution >= 0.6 is 0 Å². The summed E-state index contributed by atoms with van der Waals surface area (Å²) in [6.07, 6.45) is 4.19. The molecular weight excluding hydrogens is 222 g/mol. The Morgan fingerprint density at radius 1 is 1.28 bits per heavy atom. The lowest BCUT2D eigenvalue weighted by Crippen LogP contribution is -2.30. The first-order valence-electron chi connectivity index (χ1n) is 6.58. The van der Waals surface area contributed by atoms with Crippen LogP contribution in [0.15, 0.2) is 6.07 Å². The first-order chi connectivity index (χ1) is 8.53. The minimum absolute atomic E-state index is 0.101. The van der Waals surface area contributed by atoms with Crippen molar-refractivity contribution in [2.24, 2.45) is 5.41 Å². The van der Waals surface area contributed by atoms with E-state index in [9.17, 15) is 5.26 Å². The Kier molecular flexibility index (Phi) is 3.34. The monoisotopic (exact) mass is 243 g/mol. The maximum atomic E-state index is 9.38. The summed E-state index contributed by atoms with van der Waals surface area (Å²) < 4.78 is 5.39. The largest absolute Gasteiger partial charge is 0.496 e. The number of ether oxygens (including phenoxy) is 1. The highest BCUT2D eigenvalue weighted by Crippen LogP contribution is 2.44. The smallest absolute Gasteiger partial charge is 0.122 e. The average Bonchev–Trinajstić information content (AvgIpc) is 2.32. The van der Waals surface area contributed by atoms with Gasteiger partial charge >= 0.3 is 0 Å². The molecule has 2 nitrogen and oxygen atoms in total. The molecule has 1 saturated carbocycles. The fraction of sp³-hybridized carbons (Fsp3) is 0.562. The number of benzene rings is 1. The van der Waals surface area contributed by atoms with E-state index in [0.717, 1.165) is 25.0 Å². The SMILES string of the molecule is COc1cc(C)c(CC2(C#N)CCC2)c(C)c1C. The molecular formula is C16H21NO. The van der Waals surface area contributed by atoms with E-state index in [2.05, 4.69) is 32.9 Å². The summed E-state index contributed by atoms with van der Waals surface area (Å²) in [5.41, 5.74) is 4.97. The second kappa shape index (κ2) is 4.65. The van der Waals surface area contributed by atoms with Crippen LogP contribution in [0.4, 0.5) is 0 Å². The maximum Gasteiger partial charge on any atom is 0.122 e. The van der Waals surface area contributed by atoms with Crippen LogP contribution in [0.25, 0.3) is 0 Å². The third-order valence-electron chi connectivity index (χ3n) is 4.49. The van der Waals surface area contributed by atoms with Gasteiger partial charge < -0.3 is 4.74 Å². The number of rotatable bonds is 3. The Hall–Kier alpha value is -1.49. The molecule has 2 rings (SSSR count). The summed E-state index contributed by atoms with van der Waals surface area (Å²) in [5, 5.41) is 9.38. The van der Waals surface area contributed by atoms with Crippen molar-refractivity contribution >= 4 is 0 Å². The zero-order valence-electron chi connectivity index (χ0n) is 11.8. The predicted molar refractivity (Wildman–Crippen MR) is 72.8 cm³/mol. The molecule has 0 aromatic heterocycles. The van der Waals surface area contributed by atoms with Gasteiger partial charge in [-0.3, -0.25) is 0 Å². The van der Waals surface area contributed by atoms with Gasteiger partial charge in [0.05, 0.1) is 18.6 Å². The first kappa shape index (κ1) is 13.0. The molecule has 0 amide bonds. The fourth-order valence-corrected chi connectivity index (χ4v) is 2.85. The van der Waals surface area contributed by atoms with Crippen LogP contribution in [0.2, 0.25) is 0 Å². The molecule has 1 aliphatic carbocycles. The van der Waals surface area contributed by atoms with E-state index >= 15 is 0 Å². The normalized spacial score (nSPS) is 16.8. The molecule has 1 aromatic carbocycles. The van der Waals surface area contributed by atoms with E-state index in [4.69, 9.17) is 4.74 Å². The van der Waals surface area contributed by atoms with Crippen LogP contribution in [0.5, 0.6) is 5.75 Å². The van der Waals surface area contributed by atoms with Gasteiger partial charge in [-0.1, -0.05) is 6.42 Å². The van der Waals surface area contributed by atoms with E-state index in [1.54, 1.807) is 7.11 Å². The Morgan fingerprint density at radius 2 is 1.94 bits per heavy atom. The van der Waals surface area contributed by atoms with Gasteiger partial charge in [-0.15, -0.1) is 0 Å². The third-order valence-corrected chi connectivity index (χ3v) is 4.49. The summed E-state index contributed by atoms with van der Waals surface area (Å²) in [5.74, 6) is 0.952. The van der Waals surface area contributed by atoms with Crippen molar-refractivity contribution in [1.29, 1.82) is 5.26 Å². The van der Waals surface area contributed by atoms with Crippen LogP contribution in [0.1, 0.15) is 41.5 Å². The maximum absolute atomic E-state index is 9.38. The number of nitriles is 1. The van der Waals surface area contributed by atoms with Gasteiger partial charge in [-0.05, 0) is 68.4 Å². The quantitative estimate of drug-likeness (QED) is 0.807. The van der Waals surface area contributed by atoms with Crippen LogP contribution in [-0.4, -0.2) is 7.11 Å². The summed E-state index contributed by atoms with van der Waals surface area (Å²) in [7, 11) is 1.71. The van der Waals surface area contributed by atoms with Crippen molar-refractivity contribution in [3.05, 3.63) is 28.3 Å². The Balaban J connectivity index is 2.40. The number of aryl methyl sites for hydroxylation is 1. The van der Waals surface area contributed by atoms with Crippen LogP contribution in [-0.2, 0) is 6.42 Å². The van der Waals surface area contributed by atoms with Gasteiger partial charge in [0.1, 0.15) is 5.75 Å². The van der Waals surface area contributed by atoms with Gasteiger partial charge in [0.15, 0.2) is 0 Å². The molecule has 0 aliphatic heterocycles. The van der Waals surface area contributed by atoms with Crippen LogP contribution in [0.3, 0.4) is 0 Å². The molecule has 0 unspecified atom stereocenters. The predicted octanol–water partition coefficient (Wildman–Crippen LogP) is 3.86. The molecule has 0 radical (unpaired) electrons. The van der Waals surface area contributed by atoms with E-state index in [0.29, 0.717) is 0 Å². The Labute approximate surface area is 110 Å². The van der Waals surface area contributed by atoms with Gasteiger partial charge in [-0.2, -0.15) is 5.26 Å². The lowest BCUT2D eigenvalue weighted by atomic mass is 9.65. The van der Waals surface area contributed by atoms with Gasteiger partial charge in [0.25, 0.3) is 0 Å². The zero-order valence-corrected chi connectivity index (χ0v) is 11.8. The first-order valence-corrected chi connectivity index (χ1v) is 6.58. The van der Waals surface area contributed by atoms with Crippen molar-refractivity contribution in [1.82, 2.24) is 0 Å². The summed E-state index contributed by atoms with van der Waals surface area (Å²) >= 11 is 0. The highest BCUT2D eigenvalue weighted by Gasteiger charge is 2.38. The molecule has 18 heavy (non-hydrogen) atoms. The van der Waals surface area contributed by atoms with Crippen LogP contribution < -0.4 is 4.74 Å². The molecule has 0 spiro atoms. The van der Waals surface area contributed by atoms with E-state index in [-0.39, 0.29) is 5.41 Å². The lowest BCUT2D eigenvalue weighted by Gasteiger charge is -2.36. The third kappa shape index (κ3) is 1.99.